The first-order chi connectivity index (χ1) is 15.9. The molecule has 5 nitrogen and oxygen atoms in total. The molecule has 0 spiro atoms. The lowest BCUT2D eigenvalue weighted by Gasteiger charge is -2.67. The van der Waals surface area contributed by atoms with Crippen molar-refractivity contribution in [1.29, 1.82) is 0 Å². The van der Waals surface area contributed by atoms with Gasteiger partial charge in [0.05, 0.1) is 11.9 Å². The van der Waals surface area contributed by atoms with Gasteiger partial charge in [-0.05, 0) is 91.3 Å². The topological polar surface area (TPSA) is 69.7 Å². The fourth-order valence-electron chi connectivity index (χ4n) is 9.25. The zero-order valence-electron chi connectivity index (χ0n) is 21.8. The van der Waals surface area contributed by atoms with Gasteiger partial charge in [-0.3, -0.25) is 14.4 Å². The van der Waals surface area contributed by atoms with Crippen molar-refractivity contribution >= 4 is 33.7 Å². The molecule has 10 atom stereocenters. The van der Waals surface area contributed by atoms with Gasteiger partial charge in [-0.2, -0.15) is 0 Å². The molecule has 4 aliphatic carbocycles. The summed E-state index contributed by atoms with van der Waals surface area (Å²) in [5, 5.41) is 0. The lowest BCUT2D eigenvalue weighted by molar-refractivity contribution is -0.191. The Morgan fingerprint density at radius 1 is 1.06 bits per heavy atom. The smallest absolute Gasteiger partial charge is 0.305 e. The zero-order valence-corrected chi connectivity index (χ0v) is 23.4. The molecule has 0 aromatic heterocycles. The number of carbonyl (C=O) groups is 3. The molecule has 0 radical (unpaired) electrons. The molecule has 192 valence electrons. The predicted octanol–water partition coefficient (Wildman–Crippen LogP) is 6.11. The van der Waals surface area contributed by atoms with E-state index in [1.807, 2.05) is 0 Å². The van der Waals surface area contributed by atoms with Crippen LogP contribution in [0.4, 0.5) is 0 Å². The standard InChI is InChI=1S/C28H43BrO5/c1-16(7-10-22(31)33-6)19-8-9-20-23-25(32)24(29)21-15-18(34-17(2)30)11-12-27(21,4)28(23,5)14-13-26(19,20)3/h16,18-21,23-24H,7-15H2,1-6H3/t16-,18-,19-,20+,21+,23-,24-,26-,27+,28+/m1/s1. The van der Waals surface area contributed by atoms with Crippen molar-refractivity contribution in [2.75, 3.05) is 7.11 Å². The van der Waals surface area contributed by atoms with E-state index in [4.69, 9.17) is 9.47 Å². The van der Waals surface area contributed by atoms with Crippen molar-refractivity contribution in [2.24, 2.45) is 45.8 Å². The number of methoxy groups -OCH3 is 1. The first-order valence-electron chi connectivity index (χ1n) is 13.3. The SMILES string of the molecule is COC(=O)CC[C@@H](C)[C@H]1CC[C@H]2[C@@H]3C(=O)[C@H](Br)[C@@H]4C[C@H](OC(C)=O)CC[C@]4(C)[C@@]3(C)CC[C@]12C. The highest BCUT2D eigenvalue weighted by molar-refractivity contribution is 9.10. The summed E-state index contributed by atoms with van der Waals surface area (Å²) in [6.07, 6.45) is 8.37. The summed E-state index contributed by atoms with van der Waals surface area (Å²) in [5.41, 5.74) is 0.154. The molecule has 0 aromatic carbocycles. The molecule has 4 saturated carbocycles. The van der Waals surface area contributed by atoms with Gasteiger partial charge in [0.1, 0.15) is 6.10 Å². The van der Waals surface area contributed by atoms with Gasteiger partial charge in [0.2, 0.25) is 0 Å². The Bertz CT molecular complexity index is 843. The number of hydrogen-bond donors (Lipinski definition) is 0. The van der Waals surface area contributed by atoms with Crippen LogP contribution in [0.25, 0.3) is 0 Å². The summed E-state index contributed by atoms with van der Waals surface area (Å²) in [4.78, 5) is 37.3. The Morgan fingerprint density at radius 3 is 2.41 bits per heavy atom. The number of ketones is 1. The Kier molecular flexibility index (Phi) is 7.07. The molecule has 0 aromatic rings. The highest BCUT2D eigenvalue weighted by atomic mass is 79.9. The fraction of sp³-hybridized carbons (Fsp3) is 0.893. The minimum atomic E-state index is -0.224. The average Bonchev–Trinajstić information content (AvgIpc) is 3.13. The summed E-state index contributed by atoms with van der Waals surface area (Å²) in [6.45, 7) is 11.0. The van der Waals surface area contributed by atoms with E-state index < -0.39 is 0 Å². The van der Waals surface area contributed by atoms with E-state index in [1.165, 1.54) is 14.0 Å². The van der Waals surface area contributed by atoms with Crippen LogP contribution in [0.15, 0.2) is 0 Å². The number of ether oxygens (including phenoxy) is 2. The molecular formula is C28H43BrO5. The van der Waals surface area contributed by atoms with Crippen LogP contribution in [0, 0.1) is 45.8 Å². The molecule has 0 heterocycles. The minimum Gasteiger partial charge on any atom is -0.469 e. The third-order valence-corrected chi connectivity index (χ3v) is 12.5. The summed E-state index contributed by atoms with van der Waals surface area (Å²) in [6, 6.07) is 0. The fourth-order valence-corrected chi connectivity index (χ4v) is 10.3. The Balaban J connectivity index is 1.60. The number of esters is 2. The summed E-state index contributed by atoms with van der Waals surface area (Å²) < 4.78 is 10.5. The van der Waals surface area contributed by atoms with Gasteiger partial charge < -0.3 is 9.47 Å². The number of alkyl halides is 1. The summed E-state index contributed by atoms with van der Waals surface area (Å²) in [5.74, 6) is 1.67. The van der Waals surface area contributed by atoms with E-state index in [1.54, 1.807) is 0 Å². The minimum absolute atomic E-state index is 0.0332. The predicted molar refractivity (Wildman–Crippen MR) is 134 cm³/mol. The third kappa shape index (κ3) is 3.89. The summed E-state index contributed by atoms with van der Waals surface area (Å²) >= 11 is 3.88. The van der Waals surface area contributed by atoms with Crippen molar-refractivity contribution in [3.63, 3.8) is 0 Å². The Labute approximate surface area is 213 Å². The number of rotatable bonds is 5. The Hall–Kier alpha value is -0.910. The van der Waals surface area contributed by atoms with E-state index in [0.717, 1.165) is 51.4 Å². The van der Waals surface area contributed by atoms with Crippen LogP contribution in [-0.4, -0.2) is 35.8 Å². The first-order valence-corrected chi connectivity index (χ1v) is 14.2. The van der Waals surface area contributed by atoms with Crippen LogP contribution in [0.5, 0.6) is 0 Å². The second-order valence-electron chi connectivity index (χ2n) is 12.6. The van der Waals surface area contributed by atoms with Crippen molar-refractivity contribution in [1.82, 2.24) is 0 Å². The molecule has 4 rings (SSSR count). The van der Waals surface area contributed by atoms with Crippen LogP contribution in [0.3, 0.4) is 0 Å². The van der Waals surface area contributed by atoms with E-state index in [2.05, 4.69) is 43.6 Å². The maximum atomic E-state index is 14.1. The van der Waals surface area contributed by atoms with Gasteiger partial charge in [-0.1, -0.05) is 43.6 Å². The quantitative estimate of drug-likeness (QED) is 0.312. The molecule has 6 heteroatoms. The molecule has 0 aliphatic heterocycles. The maximum absolute atomic E-state index is 14.1. The van der Waals surface area contributed by atoms with Crippen molar-refractivity contribution in [3.8, 4) is 0 Å². The number of halogens is 1. The molecule has 4 aliphatic rings. The van der Waals surface area contributed by atoms with Gasteiger partial charge in [0.25, 0.3) is 0 Å². The van der Waals surface area contributed by atoms with Crippen LogP contribution in [-0.2, 0) is 23.9 Å². The van der Waals surface area contributed by atoms with E-state index in [-0.39, 0.29) is 51.0 Å². The lowest BCUT2D eigenvalue weighted by Crippen LogP contribution is -2.66. The van der Waals surface area contributed by atoms with Crippen molar-refractivity contribution in [3.05, 3.63) is 0 Å². The molecule has 0 bridgehead atoms. The van der Waals surface area contributed by atoms with Crippen molar-refractivity contribution in [2.45, 2.75) is 103 Å². The van der Waals surface area contributed by atoms with Crippen LogP contribution < -0.4 is 0 Å². The zero-order chi connectivity index (χ0) is 25.1. The van der Waals surface area contributed by atoms with Crippen LogP contribution in [0.1, 0.15) is 92.4 Å². The monoisotopic (exact) mass is 538 g/mol. The average molecular weight is 540 g/mol. The van der Waals surface area contributed by atoms with Gasteiger partial charge in [-0.25, -0.2) is 0 Å². The first kappa shape index (κ1) is 26.2. The lowest BCUT2D eigenvalue weighted by atomic mass is 9.38. The molecule has 0 unspecified atom stereocenters. The number of carbonyl (C=O) groups excluding carboxylic acids is 3. The second-order valence-corrected chi connectivity index (χ2v) is 13.6. The number of hydrogen-bond acceptors (Lipinski definition) is 5. The van der Waals surface area contributed by atoms with Crippen LogP contribution in [0.2, 0.25) is 0 Å². The normalized spacial score (nSPS) is 46.6. The van der Waals surface area contributed by atoms with Crippen LogP contribution >= 0.6 is 15.9 Å². The molecule has 0 amide bonds. The largest absolute Gasteiger partial charge is 0.469 e. The molecular weight excluding hydrogens is 496 g/mol. The van der Waals surface area contributed by atoms with Gasteiger partial charge in [-0.15, -0.1) is 0 Å². The molecule has 0 N–H and O–H groups in total. The highest BCUT2D eigenvalue weighted by Crippen LogP contribution is 2.73. The molecule has 34 heavy (non-hydrogen) atoms. The Morgan fingerprint density at radius 2 is 1.76 bits per heavy atom. The highest BCUT2D eigenvalue weighted by Gasteiger charge is 2.70. The maximum Gasteiger partial charge on any atom is 0.305 e. The number of fused-ring (bicyclic) bond motifs is 5. The number of Topliss-reactive ketones (excluding diaryl/α,β-unsaturated/α-hetero) is 1. The van der Waals surface area contributed by atoms with Gasteiger partial charge in [0.15, 0.2) is 5.78 Å². The second kappa shape index (κ2) is 9.19. The van der Waals surface area contributed by atoms with E-state index in [9.17, 15) is 14.4 Å². The molecule has 0 saturated heterocycles. The van der Waals surface area contributed by atoms with Crippen molar-refractivity contribution < 1.29 is 23.9 Å². The molecule has 4 fully saturated rings. The van der Waals surface area contributed by atoms with E-state index in [0.29, 0.717) is 30.0 Å². The van der Waals surface area contributed by atoms with Gasteiger partial charge >= 0.3 is 11.9 Å². The third-order valence-electron chi connectivity index (χ3n) is 11.4. The van der Waals surface area contributed by atoms with E-state index >= 15 is 0 Å². The van der Waals surface area contributed by atoms with Gasteiger partial charge in [0, 0.05) is 19.3 Å². The summed E-state index contributed by atoms with van der Waals surface area (Å²) in [7, 11) is 1.46.